The van der Waals surface area contributed by atoms with Gasteiger partial charge in [-0.3, -0.25) is 24.0 Å². The first-order valence-corrected chi connectivity index (χ1v) is 19.1. The number of likely N-dealkylation sites (N-methyl/N-ethyl adjacent to an activating group) is 2. The van der Waals surface area contributed by atoms with E-state index < -0.39 is 42.3 Å². The largest absolute Gasteiger partial charge is 0.497 e. The number of nitrogens with one attached hydrogen (secondary N) is 3. The third-order valence-electron chi connectivity index (χ3n) is 10.9. The summed E-state index contributed by atoms with van der Waals surface area (Å²) in [5, 5.41) is 8.75. The number of rotatable bonds is 22. The predicted molar refractivity (Wildman–Crippen MR) is 207 cm³/mol. The van der Waals surface area contributed by atoms with Gasteiger partial charge >= 0.3 is 0 Å². The molecule has 1 aromatic carbocycles. The Bertz CT molecular complexity index is 1370. The fourth-order valence-electron chi connectivity index (χ4n) is 7.41. The first kappa shape index (κ1) is 46.6. The molecule has 1 fully saturated rings. The van der Waals surface area contributed by atoms with E-state index in [4.69, 9.17) is 18.9 Å². The summed E-state index contributed by atoms with van der Waals surface area (Å²) in [5.74, 6) is -1.72. The van der Waals surface area contributed by atoms with Crippen molar-refractivity contribution in [2.45, 2.75) is 110 Å². The fourth-order valence-corrected chi connectivity index (χ4v) is 7.41. The van der Waals surface area contributed by atoms with Gasteiger partial charge in [-0.25, -0.2) is 0 Å². The van der Waals surface area contributed by atoms with E-state index >= 15 is 0 Å². The van der Waals surface area contributed by atoms with Crippen molar-refractivity contribution in [1.29, 1.82) is 0 Å². The van der Waals surface area contributed by atoms with Gasteiger partial charge in [0, 0.05) is 40.5 Å². The zero-order chi connectivity index (χ0) is 40.9. The Labute approximate surface area is 322 Å². The second-order valence-corrected chi connectivity index (χ2v) is 15.1. The number of methoxy groups -OCH3 is 4. The highest BCUT2D eigenvalue weighted by Gasteiger charge is 2.45. The van der Waals surface area contributed by atoms with E-state index in [0.29, 0.717) is 24.2 Å². The summed E-state index contributed by atoms with van der Waals surface area (Å²) < 4.78 is 22.8. The zero-order valence-electron chi connectivity index (χ0n) is 34.8. The van der Waals surface area contributed by atoms with Gasteiger partial charge in [0.05, 0.1) is 62.4 Å². The molecule has 1 aromatic rings. The minimum Gasteiger partial charge on any atom is -0.497 e. The van der Waals surface area contributed by atoms with Crippen LogP contribution < -0.4 is 20.7 Å². The third kappa shape index (κ3) is 12.0. The lowest BCUT2D eigenvalue weighted by Crippen LogP contribution is -2.59. The molecular weight excluding hydrogens is 694 g/mol. The smallest absolute Gasteiger partial charge is 0.245 e. The van der Waals surface area contributed by atoms with Gasteiger partial charge in [0.15, 0.2) is 5.78 Å². The predicted octanol–water partition coefficient (Wildman–Crippen LogP) is 2.92. The molecule has 0 aliphatic carbocycles. The highest BCUT2D eigenvalue weighted by Crippen LogP contribution is 2.31. The van der Waals surface area contributed by atoms with Crippen LogP contribution in [0, 0.1) is 23.7 Å². The minimum absolute atomic E-state index is 0.0175. The summed E-state index contributed by atoms with van der Waals surface area (Å²) >= 11 is 0. The number of likely N-dealkylation sites (tertiary alicyclic amines) is 1. The van der Waals surface area contributed by atoms with Crippen molar-refractivity contribution in [2.75, 3.05) is 55.6 Å². The quantitative estimate of drug-likeness (QED) is 0.150. The summed E-state index contributed by atoms with van der Waals surface area (Å²) in [5.41, 5.74) is 0.441. The van der Waals surface area contributed by atoms with Crippen LogP contribution in [-0.2, 0) is 33.4 Å². The Balaban J connectivity index is 2.29. The number of carbonyl (C=O) groups is 5. The van der Waals surface area contributed by atoms with Crippen LogP contribution in [0.1, 0.15) is 78.1 Å². The van der Waals surface area contributed by atoms with Crippen LogP contribution in [0.4, 0.5) is 0 Å². The molecule has 0 saturated carbocycles. The first-order chi connectivity index (χ1) is 25.5. The molecule has 0 aromatic heterocycles. The Morgan fingerprint density at radius 2 is 1.50 bits per heavy atom. The molecule has 1 unspecified atom stereocenters. The molecule has 1 saturated heterocycles. The van der Waals surface area contributed by atoms with E-state index in [-0.39, 0.29) is 72.8 Å². The highest BCUT2D eigenvalue weighted by molar-refractivity contribution is 5.99. The summed E-state index contributed by atoms with van der Waals surface area (Å²) in [7, 11) is 9.58. The maximum absolute atomic E-state index is 14.3. The lowest BCUT2D eigenvalue weighted by atomic mass is 9.89. The van der Waals surface area contributed by atoms with E-state index in [1.165, 1.54) is 14.2 Å². The van der Waals surface area contributed by atoms with Crippen LogP contribution in [0.15, 0.2) is 24.3 Å². The number of ether oxygens (including phenoxy) is 4. The summed E-state index contributed by atoms with van der Waals surface area (Å²) in [4.78, 5) is 71.2. The molecule has 4 amide bonds. The van der Waals surface area contributed by atoms with E-state index in [1.807, 2.05) is 41.5 Å². The van der Waals surface area contributed by atoms with Crippen LogP contribution in [0.5, 0.6) is 5.75 Å². The number of hydrogen-bond donors (Lipinski definition) is 3. The van der Waals surface area contributed by atoms with Gasteiger partial charge in [-0.05, 0) is 55.5 Å². The van der Waals surface area contributed by atoms with Crippen molar-refractivity contribution in [2.24, 2.45) is 23.7 Å². The molecule has 0 spiro atoms. The Kier molecular flexibility index (Phi) is 19.0. The second kappa shape index (κ2) is 22.1. The van der Waals surface area contributed by atoms with Crippen molar-refractivity contribution in [1.82, 2.24) is 25.8 Å². The van der Waals surface area contributed by atoms with Gasteiger partial charge in [-0.2, -0.15) is 0 Å². The van der Waals surface area contributed by atoms with Crippen molar-refractivity contribution < 1.29 is 42.9 Å². The lowest BCUT2D eigenvalue weighted by molar-refractivity contribution is -0.147. The monoisotopic (exact) mass is 761 g/mol. The second-order valence-electron chi connectivity index (χ2n) is 15.1. The van der Waals surface area contributed by atoms with Crippen molar-refractivity contribution in [3.63, 3.8) is 0 Å². The minimum atomic E-state index is -0.788. The van der Waals surface area contributed by atoms with Gasteiger partial charge < -0.3 is 44.7 Å². The number of nitrogens with zero attached hydrogens (tertiary/aromatic N) is 2. The molecule has 0 bridgehead atoms. The number of ketones is 1. The van der Waals surface area contributed by atoms with Crippen LogP contribution in [0.25, 0.3) is 0 Å². The maximum atomic E-state index is 14.3. The van der Waals surface area contributed by atoms with Gasteiger partial charge in [-0.1, -0.05) is 54.9 Å². The molecule has 14 heteroatoms. The molecule has 1 heterocycles. The lowest BCUT2D eigenvalue weighted by Gasteiger charge is -2.41. The molecule has 1 aliphatic heterocycles. The zero-order valence-corrected chi connectivity index (χ0v) is 34.8. The normalized spacial score (nSPS) is 19.7. The fraction of sp³-hybridized carbons (Fsp3) is 0.725. The topological polar surface area (TPSA) is 165 Å². The summed E-state index contributed by atoms with van der Waals surface area (Å²) in [6, 6.07) is 4.39. The van der Waals surface area contributed by atoms with Gasteiger partial charge in [0.1, 0.15) is 11.8 Å². The van der Waals surface area contributed by atoms with Gasteiger partial charge in [0.25, 0.3) is 0 Å². The summed E-state index contributed by atoms with van der Waals surface area (Å²) in [6.45, 7) is 13.5. The molecule has 0 radical (unpaired) electrons. The SMILES string of the molecule is CCC(C)[C@@H]([C@H](CC(=O)N1C[C@H](OC)C[C@@H]1[C@H](OC)[C@@H](C)C(=O)NCC(=O)c1ccc(OC)cc1)OC)N(C)C(=O)[C@@H](NC(=O)[C@@H](NC)C(C)C)C(C)C. The van der Waals surface area contributed by atoms with Crippen molar-refractivity contribution in [3.05, 3.63) is 29.8 Å². The van der Waals surface area contributed by atoms with Crippen LogP contribution >= 0.6 is 0 Å². The van der Waals surface area contributed by atoms with E-state index in [2.05, 4.69) is 16.0 Å². The number of carbonyl (C=O) groups excluding carboxylic acids is 5. The van der Waals surface area contributed by atoms with Gasteiger partial charge in [0.2, 0.25) is 23.6 Å². The summed E-state index contributed by atoms with van der Waals surface area (Å²) in [6.07, 6.45) is -0.573. The molecule has 3 N–H and O–H groups in total. The molecule has 54 heavy (non-hydrogen) atoms. The average Bonchev–Trinajstić information content (AvgIpc) is 3.59. The first-order valence-electron chi connectivity index (χ1n) is 19.1. The molecule has 9 atom stereocenters. The highest BCUT2D eigenvalue weighted by atomic mass is 16.5. The molecule has 14 nitrogen and oxygen atoms in total. The third-order valence-corrected chi connectivity index (χ3v) is 10.9. The Morgan fingerprint density at radius 3 is 1.98 bits per heavy atom. The van der Waals surface area contributed by atoms with Crippen LogP contribution in [0.3, 0.4) is 0 Å². The maximum Gasteiger partial charge on any atom is 0.245 e. The van der Waals surface area contributed by atoms with E-state index in [1.54, 1.807) is 69.3 Å². The van der Waals surface area contributed by atoms with Crippen molar-refractivity contribution in [3.8, 4) is 5.75 Å². The number of Topliss-reactive ketones (excluding diaryl/α,β-unsaturated/α-hetero) is 1. The number of benzene rings is 1. The van der Waals surface area contributed by atoms with Crippen LogP contribution in [-0.4, -0.2) is 137 Å². The van der Waals surface area contributed by atoms with E-state index in [0.717, 1.165) is 0 Å². The Morgan fingerprint density at radius 1 is 0.889 bits per heavy atom. The average molecular weight is 762 g/mol. The molecule has 1 aliphatic rings. The number of hydrogen-bond acceptors (Lipinski definition) is 10. The van der Waals surface area contributed by atoms with Crippen LogP contribution in [0.2, 0.25) is 0 Å². The molecular formula is C40H67N5O9. The molecule has 306 valence electrons. The standard InChI is InChI=1S/C40H67N5O9/c1-14-25(6)36(44(9)40(50)35(24(4)5)43-39(49)34(41-8)23(2)3)32(53-12)20-33(47)45-22-29(52-11)19-30(45)37(54-13)26(7)38(48)42-21-31(46)27-15-17-28(51-10)18-16-27/h15-18,23-26,29-30,32,34-37,41H,14,19-22H2,1-13H3,(H,42,48)(H,43,49)/t25?,26-,29-,30-,32+,34+,35+,36+,37-/m1/s1. The molecule has 2 rings (SSSR count). The van der Waals surface area contributed by atoms with E-state index in [9.17, 15) is 24.0 Å². The van der Waals surface area contributed by atoms with Gasteiger partial charge in [-0.15, -0.1) is 0 Å². The van der Waals surface area contributed by atoms with Crippen molar-refractivity contribution >= 4 is 29.4 Å². The number of amides is 4. The Hall–Kier alpha value is -3.59.